The quantitative estimate of drug-likeness (QED) is 0.697. The summed E-state index contributed by atoms with van der Waals surface area (Å²) >= 11 is 0. The minimum absolute atomic E-state index is 0.893. The van der Waals surface area contributed by atoms with Crippen LogP contribution in [-0.2, 0) is 0 Å². The van der Waals surface area contributed by atoms with Gasteiger partial charge in [-0.2, -0.15) is 4.98 Å². The Bertz CT molecular complexity index is 803. The van der Waals surface area contributed by atoms with Crippen LogP contribution in [0, 0.1) is 0 Å². The molecule has 2 saturated heterocycles. The average molecular weight is 369 g/mol. The van der Waals surface area contributed by atoms with Crippen LogP contribution in [0.1, 0.15) is 6.92 Å². The smallest absolute Gasteiger partial charge is 0.228 e. The lowest BCUT2D eigenvalue weighted by Gasteiger charge is -2.34. The topological polar surface area (TPSA) is 41.1 Å². The summed E-state index contributed by atoms with van der Waals surface area (Å²) in [6, 6.07) is 8.45. The molecule has 4 rings (SSSR count). The van der Waals surface area contributed by atoms with Crippen LogP contribution in [0.25, 0.3) is 10.9 Å². The van der Waals surface area contributed by atoms with Gasteiger partial charge in [0.15, 0.2) is 0 Å². The number of likely N-dealkylation sites (N-methyl/N-ethyl adjacent to an activating group) is 1. The summed E-state index contributed by atoms with van der Waals surface area (Å²) in [6.45, 7) is 16.0. The van der Waals surface area contributed by atoms with Gasteiger partial charge in [-0.1, -0.05) is 18.7 Å². The summed E-state index contributed by atoms with van der Waals surface area (Å²) in [5.74, 6) is 2.00. The Balaban J connectivity index is 1.59. The van der Waals surface area contributed by atoms with E-state index in [0.717, 1.165) is 76.2 Å². The molecule has 1 aromatic carbocycles. The molecule has 2 N–H and O–H groups in total. The first-order valence-electron chi connectivity index (χ1n) is 10.2. The minimum atomic E-state index is 0.893. The van der Waals surface area contributed by atoms with E-state index in [1.807, 2.05) is 0 Å². The van der Waals surface area contributed by atoms with Gasteiger partial charge in [0.05, 0.1) is 71.5 Å². The summed E-state index contributed by atoms with van der Waals surface area (Å²) in [5, 5.41) is 1.17. The Morgan fingerprint density at radius 2 is 1.67 bits per heavy atom. The van der Waals surface area contributed by atoms with E-state index in [4.69, 9.17) is 9.97 Å². The van der Waals surface area contributed by atoms with Gasteiger partial charge in [0.25, 0.3) is 0 Å². The van der Waals surface area contributed by atoms with Crippen molar-refractivity contribution in [2.75, 3.05) is 75.8 Å². The third kappa shape index (κ3) is 4.06. The van der Waals surface area contributed by atoms with Crippen LogP contribution >= 0.6 is 0 Å². The van der Waals surface area contributed by atoms with E-state index in [0.29, 0.717) is 0 Å². The number of para-hydroxylation sites is 1. The highest BCUT2D eigenvalue weighted by atomic mass is 15.3. The lowest BCUT2D eigenvalue weighted by molar-refractivity contribution is -0.895. The van der Waals surface area contributed by atoms with Crippen molar-refractivity contribution in [3.8, 4) is 0 Å². The lowest BCUT2D eigenvalue weighted by Crippen LogP contribution is -3.15. The van der Waals surface area contributed by atoms with E-state index >= 15 is 0 Å². The summed E-state index contributed by atoms with van der Waals surface area (Å²) < 4.78 is 0. The highest BCUT2D eigenvalue weighted by Crippen LogP contribution is 2.26. The molecule has 1 aromatic heterocycles. The molecule has 2 aromatic rings. The van der Waals surface area contributed by atoms with Gasteiger partial charge in [0.2, 0.25) is 5.95 Å². The molecule has 27 heavy (non-hydrogen) atoms. The fraction of sp³-hybridized carbons (Fsp3) is 0.524. The Hall–Kier alpha value is -2.18. The van der Waals surface area contributed by atoms with Crippen molar-refractivity contribution in [1.82, 2.24) is 9.97 Å². The summed E-state index contributed by atoms with van der Waals surface area (Å²) in [7, 11) is 2.27. The normalized spacial score (nSPS) is 19.6. The molecule has 2 aliphatic heterocycles. The molecule has 0 radical (unpaired) electrons. The van der Waals surface area contributed by atoms with E-state index in [1.54, 1.807) is 9.80 Å². The van der Waals surface area contributed by atoms with Crippen LogP contribution in [0.5, 0.6) is 0 Å². The van der Waals surface area contributed by atoms with Crippen molar-refractivity contribution in [3.63, 3.8) is 0 Å². The van der Waals surface area contributed by atoms with E-state index in [9.17, 15) is 0 Å². The van der Waals surface area contributed by atoms with Crippen molar-refractivity contribution < 1.29 is 9.80 Å². The van der Waals surface area contributed by atoms with Crippen molar-refractivity contribution in [3.05, 3.63) is 36.4 Å². The predicted octanol–water partition coefficient (Wildman–Crippen LogP) is -0.754. The van der Waals surface area contributed by atoms with E-state index in [-0.39, 0.29) is 0 Å². The van der Waals surface area contributed by atoms with E-state index in [1.165, 1.54) is 11.0 Å². The first kappa shape index (κ1) is 18.2. The molecule has 6 nitrogen and oxygen atoms in total. The number of nitrogens with zero attached hydrogens (tertiary/aromatic N) is 4. The van der Waals surface area contributed by atoms with Crippen LogP contribution in [0.3, 0.4) is 0 Å². The molecule has 3 heterocycles. The number of quaternary nitrogens is 2. The summed E-state index contributed by atoms with van der Waals surface area (Å²) in [5.41, 5.74) is 2.32. The second-order valence-electron chi connectivity index (χ2n) is 8.18. The molecule has 0 amide bonds. The number of rotatable bonds is 4. The highest BCUT2D eigenvalue weighted by molar-refractivity contribution is 5.90. The van der Waals surface area contributed by atoms with Crippen LogP contribution < -0.4 is 19.6 Å². The van der Waals surface area contributed by atoms with Crippen molar-refractivity contribution >= 4 is 22.7 Å². The number of piperazine rings is 2. The van der Waals surface area contributed by atoms with Crippen LogP contribution in [0.15, 0.2) is 36.4 Å². The lowest BCUT2D eigenvalue weighted by atomic mass is 10.2. The second-order valence-corrected chi connectivity index (χ2v) is 8.18. The Kier molecular flexibility index (Phi) is 5.27. The SMILES string of the molecule is C=C(C)C[NH+]1CCN(c2nc(N3CC[NH+](C)CC3)c3ccccc3n2)CC1. The van der Waals surface area contributed by atoms with Gasteiger partial charge < -0.3 is 19.6 Å². The number of fused-ring (bicyclic) bond motifs is 1. The molecule has 144 valence electrons. The number of anilines is 2. The zero-order valence-electron chi connectivity index (χ0n) is 16.7. The average Bonchev–Trinajstić information content (AvgIpc) is 2.68. The summed E-state index contributed by atoms with van der Waals surface area (Å²) in [4.78, 5) is 18.0. The predicted molar refractivity (Wildman–Crippen MR) is 111 cm³/mol. The number of benzene rings is 1. The van der Waals surface area contributed by atoms with Gasteiger partial charge in [0, 0.05) is 5.39 Å². The Morgan fingerprint density at radius 1 is 1.00 bits per heavy atom. The zero-order valence-corrected chi connectivity index (χ0v) is 16.7. The van der Waals surface area contributed by atoms with Crippen molar-refractivity contribution in [2.45, 2.75) is 6.92 Å². The first-order valence-corrected chi connectivity index (χ1v) is 10.2. The van der Waals surface area contributed by atoms with Gasteiger partial charge in [-0.05, 0) is 24.6 Å². The molecule has 6 heteroatoms. The van der Waals surface area contributed by atoms with Gasteiger partial charge in [-0.3, -0.25) is 0 Å². The molecule has 0 atom stereocenters. The maximum absolute atomic E-state index is 5.06. The number of aromatic nitrogens is 2. The maximum Gasteiger partial charge on any atom is 0.228 e. The van der Waals surface area contributed by atoms with Crippen LogP contribution in [-0.4, -0.2) is 75.9 Å². The zero-order chi connectivity index (χ0) is 18.8. The number of hydrogen-bond acceptors (Lipinski definition) is 4. The van der Waals surface area contributed by atoms with Crippen molar-refractivity contribution in [2.24, 2.45) is 0 Å². The van der Waals surface area contributed by atoms with Gasteiger partial charge in [-0.25, -0.2) is 4.98 Å². The maximum atomic E-state index is 5.06. The van der Waals surface area contributed by atoms with Gasteiger partial charge in [0.1, 0.15) is 5.82 Å². The number of nitrogens with one attached hydrogen (secondary N) is 2. The Morgan fingerprint density at radius 3 is 2.37 bits per heavy atom. The largest absolute Gasteiger partial charge is 0.345 e. The third-order valence-electron chi connectivity index (χ3n) is 5.79. The highest BCUT2D eigenvalue weighted by Gasteiger charge is 2.25. The number of hydrogen-bond donors (Lipinski definition) is 2. The van der Waals surface area contributed by atoms with E-state index < -0.39 is 0 Å². The standard InChI is InChI=1S/C21H30N6/c1-17(2)16-25-10-14-27(15-11-25)21-22-19-7-5-4-6-18(19)20(23-21)26-12-8-24(3)9-13-26/h4-7H,1,8-16H2,2-3H3/p+2. The Labute approximate surface area is 162 Å². The second kappa shape index (κ2) is 7.82. The summed E-state index contributed by atoms with van der Waals surface area (Å²) in [6.07, 6.45) is 0. The molecule has 0 bridgehead atoms. The third-order valence-corrected chi connectivity index (χ3v) is 5.79. The molecular formula is C21H32N6+2. The molecule has 0 aliphatic carbocycles. The molecule has 0 saturated carbocycles. The van der Waals surface area contributed by atoms with E-state index in [2.05, 4.69) is 54.6 Å². The fourth-order valence-corrected chi connectivity index (χ4v) is 4.16. The van der Waals surface area contributed by atoms with Crippen LogP contribution in [0.4, 0.5) is 11.8 Å². The van der Waals surface area contributed by atoms with Crippen molar-refractivity contribution in [1.29, 1.82) is 0 Å². The van der Waals surface area contributed by atoms with Crippen LogP contribution in [0.2, 0.25) is 0 Å². The fourth-order valence-electron chi connectivity index (χ4n) is 4.16. The first-order chi connectivity index (χ1) is 13.1. The molecule has 0 unspecified atom stereocenters. The monoisotopic (exact) mass is 368 g/mol. The minimum Gasteiger partial charge on any atom is -0.345 e. The molecule has 2 fully saturated rings. The van der Waals surface area contributed by atoms with Gasteiger partial charge in [-0.15, -0.1) is 0 Å². The molecule has 0 spiro atoms. The molecule has 2 aliphatic rings. The molecular weight excluding hydrogens is 336 g/mol. The van der Waals surface area contributed by atoms with Gasteiger partial charge >= 0.3 is 0 Å².